The lowest BCUT2D eigenvalue weighted by molar-refractivity contribution is -0.113. The van der Waals surface area contributed by atoms with E-state index in [1.54, 1.807) is 11.8 Å². The van der Waals surface area contributed by atoms with E-state index in [0.717, 1.165) is 17.2 Å². The number of benzene rings is 1. The van der Waals surface area contributed by atoms with Crippen LogP contribution in [-0.4, -0.2) is 24.0 Å². The van der Waals surface area contributed by atoms with Gasteiger partial charge in [0.15, 0.2) is 0 Å². The fourth-order valence-electron chi connectivity index (χ4n) is 1.19. The number of nitrogens with one attached hydrogen (secondary N) is 1. The lowest BCUT2D eigenvalue weighted by Crippen LogP contribution is -2.14. The fourth-order valence-corrected chi connectivity index (χ4v) is 1.65. The second-order valence-corrected chi connectivity index (χ2v) is 4.42. The molecule has 1 rings (SSSR count). The van der Waals surface area contributed by atoms with Gasteiger partial charge in [-0.3, -0.25) is 4.79 Å². The predicted octanol–water partition coefficient (Wildman–Crippen LogP) is 2.78. The number of anilines is 1. The molecule has 0 saturated heterocycles. The van der Waals surface area contributed by atoms with Crippen molar-refractivity contribution in [3.05, 3.63) is 24.3 Å². The molecule has 1 aromatic carbocycles. The monoisotopic (exact) mass is 239 g/mol. The Labute approximate surface area is 101 Å². The molecule has 0 heterocycles. The number of amides is 1. The van der Waals surface area contributed by atoms with Gasteiger partial charge in [0.25, 0.3) is 0 Å². The molecule has 0 unspecified atom stereocenters. The third-order valence-corrected chi connectivity index (χ3v) is 2.76. The molecule has 4 heteroatoms. The van der Waals surface area contributed by atoms with Gasteiger partial charge in [0.2, 0.25) is 5.91 Å². The van der Waals surface area contributed by atoms with Gasteiger partial charge < -0.3 is 10.1 Å². The van der Waals surface area contributed by atoms with Crippen LogP contribution in [0.25, 0.3) is 0 Å². The van der Waals surface area contributed by atoms with E-state index in [2.05, 4.69) is 5.32 Å². The van der Waals surface area contributed by atoms with E-state index in [-0.39, 0.29) is 5.91 Å². The molecule has 0 atom stereocenters. The topological polar surface area (TPSA) is 38.3 Å². The van der Waals surface area contributed by atoms with E-state index in [9.17, 15) is 4.79 Å². The Morgan fingerprint density at radius 1 is 1.31 bits per heavy atom. The third-order valence-electron chi connectivity index (χ3n) is 1.89. The first kappa shape index (κ1) is 12.9. The van der Waals surface area contributed by atoms with E-state index < -0.39 is 0 Å². The van der Waals surface area contributed by atoms with E-state index in [0.29, 0.717) is 12.4 Å². The van der Waals surface area contributed by atoms with Crippen molar-refractivity contribution in [1.29, 1.82) is 0 Å². The summed E-state index contributed by atoms with van der Waals surface area (Å²) in [6, 6.07) is 7.40. The van der Waals surface area contributed by atoms with Crippen molar-refractivity contribution in [2.45, 2.75) is 13.8 Å². The lowest BCUT2D eigenvalue weighted by atomic mass is 10.3. The van der Waals surface area contributed by atoms with Crippen LogP contribution in [0.4, 0.5) is 5.69 Å². The molecule has 0 aliphatic rings. The molecule has 1 amide bonds. The van der Waals surface area contributed by atoms with Crippen molar-refractivity contribution < 1.29 is 9.53 Å². The molecule has 0 spiro atoms. The average molecular weight is 239 g/mol. The molecule has 88 valence electrons. The van der Waals surface area contributed by atoms with Crippen molar-refractivity contribution in [3.63, 3.8) is 0 Å². The largest absolute Gasteiger partial charge is 0.494 e. The number of rotatable bonds is 6. The van der Waals surface area contributed by atoms with Gasteiger partial charge in [-0.25, -0.2) is 0 Å². The SMILES string of the molecule is CCOc1ccc(NC(=O)CSCC)cc1. The minimum absolute atomic E-state index is 0.0380. The Kier molecular flexibility index (Phi) is 5.78. The van der Waals surface area contributed by atoms with E-state index in [1.807, 2.05) is 38.1 Å². The zero-order valence-electron chi connectivity index (χ0n) is 9.66. The van der Waals surface area contributed by atoms with Crippen LogP contribution in [0.15, 0.2) is 24.3 Å². The summed E-state index contributed by atoms with van der Waals surface area (Å²) in [6.07, 6.45) is 0. The van der Waals surface area contributed by atoms with Crippen LogP contribution in [0.3, 0.4) is 0 Å². The smallest absolute Gasteiger partial charge is 0.234 e. The van der Waals surface area contributed by atoms with Crippen molar-refractivity contribution in [2.75, 3.05) is 23.4 Å². The zero-order valence-corrected chi connectivity index (χ0v) is 10.5. The molecule has 16 heavy (non-hydrogen) atoms. The van der Waals surface area contributed by atoms with Crippen molar-refractivity contribution in [2.24, 2.45) is 0 Å². The van der Waals surface area contributed by atoms with Crippen molar-refractivity contribution in [3.8, 4) is 5.75 Å². The van der Waals surface area contributed by atoms with E-state index in [4.69, 9.17) is 4.74 Å². The Hall–Kier alpha value is -1.16. The molecule has 1 aromatic rings. The molecule has 0 aliphatic carbocycles. The summed E-state index contributed by atoms with van der Waals surface area (Å²) in [7, 11) is 0. The highest BCUT2D eigenvalue weighted by Crippen LogP contribution is 2.15. The number of ether oxygens (including phenoxy) is 1. The average Bonchev–Trinajstić information content (AvgIpc) is 2.29. The number of hydrogen-bond acceptors (Lipinski definition) is 3. The van der Waals surface area contributed by atoms with Crippen LogP contribution in [-0.2, 0) is 4.79 Å². The normalized spacial score (nSPS) is 9.88. The molecule has 1 N–H and O–H groups in total. The van der Waals surface area contributed by atoms with Gasteiger partial charge >= 0.3 is 0 Å². The summed E-state index contributed by atoms with van der Waals surface area (Å²) in [5, 5.41) is 2.83. The first-order valence-corrected chi connectivity index (χ1v) is 6.52. The highest BCUT2D eigenvalue weighted by atomic mass is 32.2. The molecule has 0 aromatic heterocycles. The second-order valence-electron chi connectivity index (χ2n) is 3.14. The third kappa shape index (κ3) is 4.57. The number of carbonyl (C=O) groups excluding carboxylic acids is 1. The molecule has 0 bridgehead atoms. The van der Waals surface area contributed by atoms with E-state index >= 15 is 0 Å². The van der Waals surface area contributed by atoms with Crippen LogP contribution in [0.5, 0.6) is 5.75 Å². The summed E-state index contributed by atoms with van der Waals surface area (Å²) in [5.74, 6) is 2.32. The Balaban J connectivity index is 2.45. The maximum Gasteiger partial charge on any atom is 0.234 e. The minimum Gasteiger partial charge on any atom is -0.494 e. The molecule has 0 radical (unpaired) electrons. The molecular formula is C12H17NO2S. The van der Waals surface area contributed by atoms with Gasteiger partial charge in [0.05, 0.1) is 12.4 Å². The van der Waals surface area contributed by atoms with Crippen LogP contribution in [0.2, 0.25) is 0 Å². The molecular weight excluding hydrogens is 222 g/mol. The first-order chi connectivity index (χ1) is 7.76. The van der Waals surface area contributed by atoms with Crippen LogP contribution < -0.4 is 10.1 Å². The Morgan fingerprint density at radius 2 is 2.00 bits per heavy atom. The number of thioether (sulfide) groups is 1. The summed E-state index contributed by atoms with van der Waals surface area (Å²) >= 11 is 1.61. The second kappa shape index (κ2) is 7.17. The van der Waals surface area contributed by atoms with Gasteiger partial charge in [-0.2, -0.15) is 11.8 Å². The van der Waals surface area contributed by atoms with Crippen molar-refractivity contribution in [1.82, 2.24) is 0 Å². The highest BCUT2D eigenvalue weighted by molar-refractivity contribution is 7.99. The van der Waals surface area contributed by atoms with Crippen LogP contribution in [0, 0.1) is 0 Å². The predicted molar refractivity (Wildman–Crippen MR) is 69.2 cm³/mol. The van der Waals surface area contributed by atoms with Crippen LogP contribution in [0.1, 0.15) is 13.8 Å². The molecule has 0 saturated carbocycles. The minimum atomic E-state index is 0.0380. The summed E-state index contributed by atoms with van der Waals surface area (Å²) in [6.45, 7) is 4.63. The Bertz CT molecular complexity index is 324. The Morgan fingerprint density at radius 3 is 2.56 bits per heavy atom. The quantitative estimate of drug-likeness (QED) is 0.829. The van der Waals surface area contributed by atoms with Gasteiger partial charge in [0, 0.05) is 5.69 Å². The maximum atomic E-state index is 11.4. The summed E-state index contributed by atoms with van der Waals surface area (Å²) in [5.41, 5.74) is 0.810. The number of hydrogen-bond donors (Lipinski definition) is 1. The zero-order chi connectivity index (χ0) is 11.8. The van der Waals surface area contributed by atoms with Gasteiger partial charge in [-0.05, 0) is 36.9 Å². The molecule has 0 aliphatic heterocycles. The standard InChI is InChI=1S/C12H17NO2S/c1-3-15-11-7-5-10(6-8-11)13-12(14)9-16-4-2/h5-8H,3-4,9H2,1-2H3,(H,13,14). The first-order valence-electron chi connectivity index (χ1n) is 5.36. The van der Waals surface area contributed by atoms with Crippen LogP contribution >= 0.6 is 11.8 Å². The maximum absolute atomic E-state index is 11.4. The number of carbonyl (C=O) groups is 1. The van der Waals surface area contributed by atoms with Gasteiger partial charge in [-0.15, -0.1) is 0 Å². The van der Waals surface area contributed by atoms with E-state index in [1.165, 1.54) is 0 Å². The molecule has 0 fully saturated rings. The van der Waals surface area contributed by atoms with Gasteiger partial charge in [0.1, 0.15) is 5.75 Å². The summed E-state index contributed by atoms with van der Waals surface area (Å²) in [4.78, 5) is 11.4. The van der Waals surface area contributed by atoms with Crippen molar-refractivity contribution >= 4 is 23.4 Å². The highest BCUT2D eigenvalue weighted by Gasteiger charge is 2.01. The van der Waals surface area contributed by atoms with Gasteiger partial charge in [-0.1, -0.05) is 6.92 Å². The lowest BCUT2D eigenvalue weighted by Gasteiger charge is -2.06. The molecule has 3 nitrogen and oxygen atoms in total. The fraction of sp³-hybridized carbons (Fsp3) is 0.417. The summed E-state index contributed by atoms with van der Waals surface area (Å²) < 4.78 is 5.31.